The van der Waals surface area contributed by atoms with Crippen LogP contribution in [-0.4, -0.2) is 29.4 Å². The fourth-order valence-electron chi connectivity index (χ4n) is 3.90. The zero-order valence-electron chi connectivity index (χ0n) is 16.9. The van der Waals surface area contributed by atoms with E-state index in [4.69, 9.17) is 9.72 Å². The van der Waals surface area contributed by atoms with Gasteiger partial charge >= 0.3 is 0 Å². The van der Waals surface area contributed by atoms with Gasteiger partial charge in [-0.05, 0) is 42.5 Å². The number of nitrogens with zero attached hydrogens (tertiary/aromatic N) is 2. The van der Waals surface area contributed by atoms with E-state index in [1.54, 1.807) is 18.4 Å². The minimum absolute atomic E-state index is 0.146. The molecule has 1 fully saturated rings. The maximum atomic E-state index is 13.0. The van der Waals surface area contributed by atoms with Crippen LogP contribution in [0, 0.1) is 0 Å². The number of amides is 1. The third-order valence-electron chi connectivity index (χ3n) is 5.57. The number of rotatable bonds is 6. The van der Waals surface area contributed by atoms with E-state index in [0.29, 0.717) is 6.42 Å². The molecule has 0 radical (unpaired) electrons. The number of carbonyl (C=O) groups excluding carboxylic acids is 1. The van der Waals surface area contributed by atoms with Gasteiger partial charge in [0.25, 0.3) is 0 Å². The van der Waals surface area contributed by atoms with Gasteiger partial charge in [-0.25, -0.2) is 4.98 Å². The van der Waals surface area contributed by atoms with Crippen molar-refractivity contribution in [1.29, 1.82) is 0 Å². The van der Waals surface area contributed by atoms with E-state index in [0.717, 1.165) is 47.8 Å². The third kappa shape index (κ3) is 4.35. The number of hydrogen-bond donors (Lipinski definition) is 0. The van der Waals surface area contributed by atoms with Crippen LogP contribution in [0.4, 0.5) is 0 Å². The summed E-state index contributed by atoms with van der Waals surface area (Å²) in [4.78, 5) is 19.7. The van der Waals surface area contributed by atoms with E-state index in [1.807, 2.05) is 22.4 Å². The Morgan fingerprint density at radius 3 is 2.62 bits per heavy atom. The SMILES string of the molecule is CCc1ccc(-c2nc(CC(=O)N3CCCC3c3ccc(OC)cc3)cs2)cc1. The van der Waals surface area contributed by atoms with Gasteiger partial charge in [-0.2, -0.15) is 0 Å². The smallest absolute Gasteiger partial charge is 0.229 e. The van der Waals surface area contributed by atoms with Gasteiger partial charge < -0.3 is 9.64 Å². The molecule has 1 unspecified atom stereocenters. The molecule has 0 bridgehead atoms. The first kappa shape index (κ1) is 19.6. The Balaban J connectivity index is 1.45. The first-order valence-electron chi connectivity index (χ1n) is 10.1. The molecule has 150 valence electrons. The second-order valence-electron chi connectivity index (χ2n) is 7.39. The van der Waals surface area contributed by atoms with Crippen molar-refractivity contribution in [1.82, 2.24) is 9.88 Å². The molecule has 4 rings (SSSR count). The highest BCUT2D eigenvalue weighted by atomic mass is 32.1. The van der Waals surface area contributed by atoms with E-state index in [-0.39, 0.29) is 11.9 Å². The van der Waals surface area contributed by atoms with Crippen molar-refractivity contribution in [2.45, 2.75) is 38.6 Å². The van der Waals surface area contributed by atoms with Crippen LogP contribution in [0.25, 0.3) is 10.6 Å². The number of thiazole rings is 1. The molecule has 1 atom stereocenters. The van der Waals surface area contributed by atoms with Crippen molar-refractivity contribution < 1.29 is 9.53 Å². The molecule has 2 heterocycles. The molecule has 0 saturated carbocycles. The molecule has 1 aliphatic heterocycles. The highest BCUT2D eigenvalue weighted by Crippen LogP contribution is 2.33. The highest BCUT2D eigenvalue weighted by Gasteiger charge is 2.30. The van der Waals surface area contributed by atoms with Gasteiger partial charge in [-0.15, -0.1) is 11.3 Å². The Kier molecular flexibility index (Phi) is 5.95. The fourth-order valence-corrected chi connectivity index (χ4v) is 4.72. The first-order chi connectivity index (χ1) is 14.2. The summed E-state index contributed by atoms with van der Waals surface area (Å²) in [5.74, 6) is 0.994. The van der Waals surface area contributed by atoms with Gasteiger partial charge in [0, 0.05) is 17.5 Å². The maximum absolute atomic E-state index is 13.0. The molecule has 1 aliphatic rings. The normalized spacial score (nSPS) is 16.2. The summed E-state index contributed by atoms with van der Waals surface area (Å²) < 4.78 is 5.25. The lowest BCUT2D eigenvalue weighted by atomic mass is 10.0. The lowest BCUT2D eigenvalue weighted by Crippen LogP contribution is -2.31. The predicted molar refractivity (Wildman–Crippen MR) is 117 cm³/mol. The van der Waals surface area contributed by atoms with Gasteiger partial charge in [0.05, 0.1) is 25.3 Å². The number of aromatic nitrogens is 1. The van der Waals surface area contributed by atoms with Crippen molar-refractivity contribution in [3.8, 4) is 16.3 Å². The Labute approximate surface area is 176 Å². The highest BCUT2D eigenvalue weighted by molar-refractivity contribution is 7.13. The largest absolute Gasteiger partial charge is 0.497 e. The Morgan fingerprint density at radius 1 is 1.17 bits per heavy atom. The second-order valence-corrected chi connectivity index (χ2v) is 8.25. The van der Waals surface area contributed by atoms with Crippen LogP contribution in [0.2, 0.25) is 0 Å². The molecule has 2 aromatic carbocycles. The summed E-state index contributed by atoms with van der Waals surface area (Å²) in [5.41, 5.74) is 4.46. The molecule has 4 nitrogen and oxygen atoms in total. The summed E-state index contributed by atoms with van der Waals surface area (Å²) in [5, 5.41) is 2.99. The van der Waals surface area contributed by atoms with E-state index >= 15 is 0 Å². The fraction of sp³-hybridized carbons (Fsp3) is 0.333. The number of likely N-dealkylation sites (tertiary alicyclic amines) is 1. The third-order valence-corrected chi connectivity index (χ3v) is 6.51. The zero-order valence-corrected chi connectivity index (χ0v) is 17.7. The van der Waals surface area contributed by atoms with Gasteiger partial charge in [0.2, 0.25) is 5.91 Å². The predicted octanol–water partition coefficient (Wildman–Crippen LogP) is 5.29. The van der Waals surface area contributed by atoms with Crippen molar-refractivity contribution in [2.24, 2.45) is 0 Å². The van der Waals surface area contributed by atoms with Crippen LogP contribution in [0.3, 0.4) is 0 Å². The number of hydrogen-bond acceptors (Lipinski definition) is 4. The van der Waals surface area contributed by atoms with Crippen LogP contribution in [0.5, 0.6) is 5.75 Å². The van der Waals surface area contributed by atoms with Gasteiger partial charge in [-0.1, -0.05) is 43.3 Å². The van der Waals surface area contributed by atoms with Crippen LogP contribution in [0.15, 0.2) is 53.9 Å². The average Bonchev–Trinajstić information content (AvgIpc) is 3.44. The van der Waals surface area contributed by atoms with Crippen molar-refractivity contribution in [3.05, 3.63) is 70.7 Å². The molecular formula is C24H26N2O2S. The van der Waals surface area contributed by atoms with Gasteiger partial charge in [-0.3, -0.25) is 4.79 Å². The Hall–Kier alpha value is -2.66. The average molecular weight is 407 g/mol. The van der Waals surface area contributed by atoms with E-state index in [2.05, 4.69) is 43.3 Å². The number of carbonyl (C=O) groups is 1. The summed E-state index contributed by atoms with van der Waals surface area (Å²) in [6, 6.07) is 16.7. The molecule has 5 heteroatoms. The standard InChI is InChI=1S/C24H26N2O2S/c1-3-17-6-8-19(9-7-17)24-25-20(16-29-24)15-23(27)26-14-4-5-22(26)18-10-12-21(28-2)13-11-18/h6-13,16,22H,3-5,14-15H2,1-2H3. The molecule has 0 N–H and O–H groups in total. The minimum atomic E-state index is 0.146. The Morgan fingerprint density at radius 2 is 1.93 bits per heavy atom. The number of aryl methyl sites for hydroxylation is 1. The molecule has 0 aliphatic carbocycles. The lowest BCUT2D eigenvalue weighted by molar-refractivity contribution is -0.131. The molecule has 0 spiro atoms. The Bertz CT molecular complexity index is 963. The second kappa shape index (κ2) is 8.78. The molecule has 29 heavy (non-hydrogen) atoms. The van der Waals surface area contributed by atoms with Crippen LogP contribution in [-0.2, 0) is 17.6 Å². The molecule has 1 amide bonds. The van der Waals surface area contributed by atoms with Crippen LogP contribution >= 0.6 is 11.3 Å². The van der Waals surface area contributed by atoms with Crippen LogP contribution < -0.4 is 4.74 Å². The van der Waals surface area contributed by atoms with Crippen LogP contribution in [0.1, 0.15) is 42.6 Å². The van der Waals surface area contributed by atoms with Crippen molar-refractivity contribution in [3.63, 3.8) is 0 Å². The maximum Gasteiger partial charge on any atom is 0.229 e. The number of benzene rings is 2. The van der Waals surface area contributed by atoms with Gasteiger partial charge in [0.15, 0.2) is 0 Å². The zero-order chi connectivity index (χ0) is 20.2. The minimum Gasteiger partial charge on any atom is -0.497 e. The lowest BCUT2D eigenvalue weighted by Gasteiger charge is -2.25. The quantitative estimate of drug-likeness (QED) is 0.559. The number of ether oxygens (including phenoxy) is 1. The molecule has 3 aromatic rings. The summed E-state index contributed by atoms with van der Waals surface area (Å²) in [6.45, 7) is 2.96. The summed E-state index contributed by atoms with van der Waals surface area (Å²) in [6.07, 6.45) is 3.43. The topological polar surface area (TPSA) is 42.4 Å². The molecule has 1 saturated heterocycles. The first-order valence-corrected chi connectivity index (χ1v) is 11.0. The van der Waals surface area contributed by atoms with E-state index in [9.17, 15) is 4.79 Å². The molecule has 1 aromatic heterocycles. The van der Waals surface area contributed by atoms with E-state index in [1.165, 1.54) is 11.1 Å². The van der Waals surface area contributed by atoms with Gasteiger partial charge in [0.1, 0.15) is 10.8 Å². The summed E-state index contributed by atoms with van der Waals surface area (Å²) >= 11 is 1.61. The number of methoxy groups -OCH3 is 1. The monoisotopic (exact) mass is 406 g/mol. The van der Waals surface area contributed by atoms with Crippen molar-refractivity contribution in [2.75, 3.05) is 13.7 Å². The molecular weight excluding hydrogens is 380 g/mol. The summed E-state index contributed by atoms with van der Waals surface area (Å²) in [7, 11) is 1.67. The van der Waals surface area contributed by atoms with Crippen molar-refractivity contribution >= 4 is 17.2 Å². The van der Waals surface area contributed by atoms with E-state index < -0.39 is 0 Å².